The number of rotatable bonds is 8. The highest BCUT2D eigenvalue weighted by Gasteiger charge is 2.22. The number of tetrazole rings is 1. The SMILES string of the molecule is O=C(NCc1cccc(Cn2ccnc2)c1)C(Cc1ccccc1)n1cnnn1. The maximum Gasteiger partial charge on any atom is 0.245 e. The molecular formula is C21H21N7O. The van der Waals surface area contributed by atoms with Crippen LogP contribution in [0.1, 0.15) is 22.7 Å². The average Bonchev–Trinajstić information content (AvgIpc) is 3.46. The first-order valence-corrected chi connectivity index (χ1v) is 9.35. The molecule has 0 aliphatic rings. The number of amides is 1. The van der Waals surface area contributed by atoms with Gasteiger partial charge >= 0.3 is 0 Å². The standard InChI is InChI=1S/C21H21N7O/c29-21(20(28-16-24-25-26-28)12-17-5-2-1-3-6-17)23-13-18-7-4-8-19(11-18)14-27-10-9-22-15-27/h1-11,15-16,20H,12-14H2,(H,23,29). The number of imidazole rings is 1. The molecule has 2 aromatic carbocycles. The van der Waals surface area contributed by atoms with Gasteiger partial charge in [-0.3, -0.25) is 4.79 Å². The Balaban J connectivity index is 1.43. The highest BCUT2D eigenvalue weighted by molar-refractivity contribution is 5.80. The maximum absolute atomic E-state index is 12.9. The van der Waals surface area contributed by atoms with Crippen LogP contribution in [0.3, 0.4) is 0 Å². The summed E-state index contributed by atoms with van der Waals surface area (Å²) in [6.07, 6.45) is 7.46. The molecule has 4 rings (SSSR count). The zero-order chi connectivity index (χ0) is 19.9. The summed E-state index contributed by atoms with van der Waals surface area (Å²) in [6, 6.07) is 17.5. The zero-order valence-electron chi connectivity index (χ0n) is 15.8. The van der Waals surface area contributed by atoms with E-state index < -0.39 is 6.04 Å². The van der Waals surface area contributed by atoms with Gasteiger partial charge in [-0.05, 0) is 27.1 Å². The lowest BCUT2D eigenvalue weighted by atomic mass is 10.1. The fourth-order valence-corrected chi connectivity index (χ4v) is 3.19. The Morgan fingerprint density at radius 2 is 1.83 bits per heavy atom. The predicted octanol–water partition coefficient (Wildman–Crippen LogP) is 2.02. The van der Waals surface area contributed by atoms with Crippen LogP contribution >= 0.6 is 0 Å². The highest BCUT2D eigenvalue weighted by atomic mass is 16.2. The summed E-state index contributed by atoms with van der Waals surface area (Å²) in [5.74, 6) is -0.124. The lowest BCUT2D eigenvalue weighted by Gasteiger charge is -2.16. The molecule has 2 heterocycles. The molecule has 8 heteroatoms. The fraction of sp³-hybridized carbons (Fsp3) is 0.190. The van der Waals surface area contributed by atoms with Gasteiger partial charge in [-0.25, -0.2) is 9.67 Å². The molecule has 2 aromatic heterocycles. The van der Waals surface area contributed by atoms with E-state index in [1.54, 1.807) is 12.5 Å². The third-order valence-electron chi connectivity index (χ3n) is 4.64. The molecule has 0 saturated heterocycles. The van der Waals surface area contributed by atoms with E-state index in [0.717, 1.165) is 23.2 Å². The van der Waals surface area contributed by atoms with Crippen molar-refractivity contribution in [1.82, 2.24) is 35.1 Å². The van der Waals surface area contributed by atoms with Crippen LogP contribution in [0.25, 0.3) is 0 Å². The number of aromatic nitrogens is 6. The van der Waals surface area contributed by atoms with Gasteiger partial charge in [-0.1, -0.05) is 54.6 Å². The minimum Gasteiger partial charge on any atom is -0.350 e. The maximum atomic E-state index is 12.9. The van der Waals surface area contributed by atoms with E-state index >= 15 is 0 Å². The number of nitrogens with one attached hydrogen (secondary N) is 1. The molecule has 1 amide bonds. The van der Waals surface area contributed by atoms with Crippen molar-refractivity contribution >= 4 is 5.91 Å². The Hall–Kier alpha value is -3.81. The second kappa shape index (κ2) is 8.92. The molecule has 1 N–H and O–H groups in total. The van der Waals surface area contributed by atoms with Crippen molar-refractivity contribution < 1.29 is 4.79 Å². The molecule has 146 valence electrons. The van der Waals surface area contributed by atoms with E-state index in [1.807, 2.05) is 53.2 Å². The summed E-state index contributed by atoms with van der Waals surface area (Å²) in [7, 11) is 0. The normalized spacial score (nSPS) is 11.9. The molecule has 4 aromatic rings. The van der Waals surface area contributed by atoms with E-state index in [2.05, 4.69) is 38.0 Å². The molecular weight excluding hydrogens is 366 g/mol. The molecule has 0 radical (unpaired) electrons. The van der Waals surface area contributed by atoms with Gasteiger partial charge < -0.3 is 9.88 Å². The van der Waals surface area contributed by atoms with Crippen LogP contribution in [0, 0.1) is 0 Å². The van der Waals surface area contributed by atoms with Gasteiger partial charge in [0.25, 0.3) is 0 Å². The lowest BCUT2D eigenvalue weighted by molar-refractivity contribution is -0.124. The number of carbonyl (C=O) groups is 1. The minimum atomic E-state index is -0.512. The molecule has 0 bridgehead atoms. The first-order chi connectivity index (χ1) is 14.3. The Bertz CT molecular complexity index is 1030. The molecule has 1 atom stereocenters. The molecule has 1 unspecified atom stereocenters. The van der Waals surface area contributed by atoms with Gasteiger partial charge in [0.15, 0.2) is 0 Å². The molecule has 0 aliphatic heterocycles. The van der Waals surface area contributed by atoms with Crippen molar-refractivity contribution in [3.8, 4) is 0 Å². The van der Waals surface area contributed by atoms with Crippen LogP contribution in [-0.4, -0.2) is 35.7 Å². The van der Waals surface area contributed by atoms with Crippen LogP contribution in [-0.2, 0) is 24.3 Å². The van der Waals surface area contributed by atoms with Gasteiger partial charge in [-0.2, -0.15) is 0 Å². The zero-order valence-corrected chi connectivity index (χ0v) is 15.8. The number of benzene rings is 2. The Morgan fingerprint density at radius 3 is 2.59 bits per heavy atom. The predicted molar refractivity (Wildman–Crippen MR) is 107 cm³/mol. The lowest BCUT2D eigenvalue weighted by Crippen LogP contribution is -2.34. The van der Waals surface area contributed by atoms with Gasteiger partial charge in [0.2, 0.25) is 5.91 Å². The smallest absolute Gasteiger partial charge is 0.245 e. The number of nitrogens with zero attached hydrogens (tertiary/aromatic N) is 6. The van der Waals surface area contributed by atoms with Crippen LogP contribution in [0.2, 0.25) is 0 Å². The monoisotopic (exact) mass is 387 g/mol. The Labute approximate surface area is 168 Å². The van der Waals surface area contributed by atoms with Crippen LogP contribution in [0.15, 0.2) is 79.6 Å². The summed E-state index contributed by atoms with van der Waals surface area (Å²) >= 11 is 0. The highest BCUT2D eigenvalue weighted by Crippen LogP contribution is 2.14. The van der Waals surface area contributed by atoms with Crippen molar-refractivity contribution in [1.29, 1.82) is 0 Å². The molecule has 29 heavy (non-hydrogen) atoms. The van der Waals surface area contributed by atoms with E-state index in [0.29, 0.717) is 13.0 Å². The third kappa shape index (κ3) is 4.92. The molecule has 0 aliphatic carbocycles. The first-order valence-electron chi connectivity index (χ1n) is 9.35. The fourth-order valence-electron chi connectivity index (χ4n) is 3.19. The summed E-state index contributed by atoms with van der Waals surface area (Å²) < 4.78 is 3.50. The summed E-state index contributed by atoms with van der Waals surface area (Å²) in [5, 5.41) is 14.3. The van der Waals surface area contributed by atoms with Crippen LogP contribution in [0.4, 0.5) is 0 Å². The van der Waals surface area contributed by atoms with Crippen molar-refractivity contribution in [2.45, 2.75) is 25.6 Å². The van der Waals surface area contributed by atoms with E-state index in [1.165, 1.54) is 11.0 Å². The van der Waals surface area contributed by atoms with Gasteiger partial charge in [0, 0.05) is 31.9 Å². The molecule has 0 spiro atoms. The van der Waals surface area contributed by atoms with Crippen molar-refractivity contribution in [2.24, 2.45) is 0 Å². The van der Waals surface area contributed by atoms with Crippen LogP contribution < -0.4 is 5.32 Å². The van der Waals surface area contributed by atoms with Gasteiger partial charge in [0.05, 0.1) is 6.33 Å². The second-order valence-electron chi connectivity index (χ2n) is 6.77. The largest absolute Gasteiger partial charge is 0.350 e. The van der Waals surface area contributed by atoms with Crippen molar-refractivity contribution in [3.05, 3.63) is 96.3 Å². The second-order valence-corrected chi connectivity index (χ2v) is 6.77. The van der Waals surface area contributed by atoms with E-state index in [-0.39, 0.29) is 5.91 Å². The topological polar surface area (TPSA) is 90.5 Å². The first kappa shape index (κ1) is 18.5. The third-order valence-corrected chi connectivity index (χ3v) is 4.64. The molecule has 0 saturated carbocycles. The molecule has 8 nitrogen and oxygen atoms in total. The Kier molecular flexibility index (Phi) is 5.70. The number of hydrogen-bond acceptors (Lipinski definition) is 5. The molecule has 0 fully saturated rings. The summed E-state index contributed by atoms with van der Waals surface area (Å²) in [4.78, 5) is 17.0. The summed E-state index contributed by atoms with van der Waals surface area (Å²) in [6.45, 7) is 1.17. The minimum absolute atomic E-state index is 0.124. The van der Waals surface area contributed by atoms with Crippen molar-refractivity contribution in [3.63, 3.8) is 0 Å². The average molecular weight is 387 g/mol. The number of carbonyl (C=O) groups excluding carboxylic acids is 1. The van der Waals surface area contributed by atoms with Gasteiger partial charge in [-0.15, -0.1) is 5.10 Å². The Morgan fingerprint density at radius 1 is 1.00 bits per heavy atom. The number of hydrogen-bond donors (Lipinski definition) is 1. The van der Waals surface area contributed by atoms with E-state index in [9.17, 15) is 4.79 Å². The van der Waals surface area contributed by atoms with Crippen LogP contribution in [0.5, 0.6) is 0 Å². The van der Waals surface area contributed by atoms with Gasteiger partial charge in [0.1, 0.15) is 12.4 Å². The van der Waals surface area contributed by atoms with E-state index in [4.69, 9.17) is 0 Å². The summed E-state index contributed by atoms with van der Waals surface area (Å²) in [5.41, 5.74) is 3.23. The quantitative estimate of drug-likeness (QED) is 0.499. The van der Waals surface area contributed by atoms with Crippen molar-refractivity contribution in [2.75, 3.05) is 0 Å².